The van der Waals surface area contributed by atoms with Gasteiger partial charge in [0.2, 0.25) is 0 Å². The van der Waals surface area contributed by atoms with Crippen molar-refractivity contribution in [1.29, 1.82) is 0 Å². The molecule has 1 aromatic carbocycles. The van der Waals surface area contributed by atoms with Gasteiger partial charge in [0.05, 0.1) is 5.56 Å². The highest BCUT2D eigenvalue weighted by atomic mass is 16.2. The second-order valence-corrected chi connectivity index (χ2v) is 5.57. The van der Waals surface area contributed by atoms with Crippen molar-refractivity contribution >= 4 is 11.6 Å². The Morgan fingerprint density at radius 3 is 2.60 bits per heavy atom. The lowest BCUT2D eigenvalue weighted by Gasteiger charge is -2.33. The number of carbonyl (C=O) groups is 1. The summed E-state index contributed by atoms with van der Waals surface area (Å²) in [6, 6.07) is 6.08. The van der Waals surface area contributed by atoms with E-state index in [2.05, 4.69) is 30.3 Å². The minimum atomic E-state index is 0.153. The van der Waals surface area contributed by atoms with Gasteiger partial charge in [-0.2, -0.15) is 0 Å². The summed E-state index contributed by atoms with van der Waals surface area (Å²) in [6.07, 6.45) is 1.05. The van der Waals surface area contributed by atoms with E-state index in [1.807, 2.05) is 24.0 Å². The lowest BCUT2D eigenvalue weighted by Crippen LogP contribution is -2.47. The van der Waals surface area contributed by atoms with Gasteiger partial charge in [0.15, 0.2) is 0 Å². The minimum absolute atomic E-state index is 0.153. The third-order valence-electron chi connectivity index (χ3n) is 3.76. The fourth-order valence-corrected chi connectivity index (χ4v) is 2.43. The molecule has 1 saturated heterocycles. The lowest BCUT2D eigenvalue weighted by atomic mass is 10.1. The van der Waals surface area contributed by atoms with Crippen molar-refractivity contribution < 1.29 is 4.79 Å². The molecule has 1 N–H and O–H groups in total. The van der Waals surface area contributed by atoms with E-state index in [1.165, 1.54) is 0 Å². The fraction of sp³-hybridized carbons (Fsp3) is 0.562. The number of benzene rings is 1. The summed E-state index contributed by atoms with van der Waals surface area (Å²) in [5.74, 6) is 0.153. The topological polar surface area (TPSA) is 35.6 Å². The smallest absolute Gasteiger partial charge is 0.256 e. The number of hydrogen-bond donors (Lipinski definition) is 1. The Balaban J connectivity index is 2.17. The van der Waals surface area contributed by atoms with Gasteiger partial charge in [-0.15, -0.1) is 0 Å². The van der Waals surface area contributed by atoms with Crippen LogP contribution in [0.5, 0.6) is 0 Å². The van der Waals surface area contributed by atoms with Gasteiger partial charge >= 0.3 is 0 Å². The van der Waals surface area contributed by atoms with E-state index >= 15 is 0 Å². The molecule has 20 heavy (non-hydrogen) atoms. The summed E-state index contributed by atoms with van der Waals surface area (Å²) in [6.45, 7) is 8.59. The van der Waals surface area contributed by atoms with Crippen LogP contribution >= 0.6 is 0 Å². The van der Waals surface area contributed by atoms with Crippen LogP contribution < -0.4 is 5.32 Å². The number of aryl methyl sites for hydroxylation is 1. The predicted molar refractivity (Wildman–Crippen MR) is 83.4 cm³/mol. The van der Waals surface area contributed by atoms with Gasteiger partial charge < -0.3 is 15.1 Å². The third kappa shape index (κ3) is 3.51. The molecule has 2 rings (SSSR count). The molecule has 1 aliphatic heterocycles. The first-order chi connectivity index (χ1) is 9.61. The summed E-state index contributed by atoms with van der Waals surface area (Å²) in [4.78, 5) is 16.9. The zero-order valence-corrected chi connectivity index (χ0v) is 12.8. The van der Waals surface area contributed by atoms with Crippen molar-refractivity contribution in [2.24, 2.45) is 0 Å². The molecule has 1 fully saturated rings. The number of likely N-dealkylation sites (N-methyl/N-ethyl adjacent to an activating group) is 1. The van der Waals surface area contributed by atoms with Crippen LogP contribution in [0, 0.1) is 6.92 Å². The second-order valence-electron chi connectivity index (χ2n) is 5.57. The van der Waals surface area contributed by atoms with Crippen LogP contribution in [0.15, 0.2) is 18.2 Å². The van der Waals surface area contributed by atoms with E-state index in [1.54, 1.807) is 0 Å². The maximum atomic E-state index is 12.7. The molecule has 1 heterocycles. The molecule has 0 bridgehead atoms. The molecule has 0 atom stereocenters. The molecule has 0 unspecified atom stereocenters. The summed E-state index contributed by atoms with van der Waals surface area (Å²) in [5, 5.41) is 3.36. The number of amides is 1. The van der Waals surface area contributed by atoms with E-state index in [0.29, 0.717) is 0 Å². The van der Waals surface area contributed by atoms with Gasteiger partial charge in [0.25, 0.3) is 5.91 Å². The number of nitrogens with one attached hydrogen (secondary N) is 1. The highest BCUT2D eigenvalue weighted by Crippen LogP contribution is 2.20. The maximum Gasteiger partial charge on any atom is 0.256 e. The van der Waals surface area contributed by atoms with E-state index in [4.69, 9.17) is 0 Å². The minimum Gasteiger partial charge on any atom is -0.384 e. The van der Waals surface area contributed by atoms with Crippen LogP contribution in [0.4, 0.5) is 5.69 Å². The van der Waals surface area contributed by atoms with Gasteiger partial charge in [0, 0.05) is 38.4 Å². The van der Waals surface area contributed by atoms with Gasteiger partial charge in [-0.1, -0.05) is 18.6 Å². The van der Waals surface area contributed by atoms with Gasteiger partial charge in [-0.05, 0) is 32.5 Å². The van der Waals surface area contributed by atoms with Gasteiger partial charge in [-0.25, -0.2) is 0 Å². The van der Waals surface area contributed by atoms with Crippen LogP contribution in [0.3, 0.4) is 0 Å². The van der Waals surface area contributed by atoms with Gasteiger partial charge in [0.1, 0.15) is 0 Å². The van der Waals surface area contributed by atoms with Crippen molar-refractivity contribution in [1.82, 2.24) is 9.80 Å². The first kappa shape index (κ1) is 14.9. The van der Waals surface area contributed by atoms with Crippen LogP contribution in [0.2, 0.25) is 0 Å². The third-order valence-corrected chi connectivity index (χ3v) is 3.76. The average molecular weight is 275 g/mol. The molecule has 0 saturated carbocycles. The molecule has 1 aliphatic rings. The SMILES string of the molecule is CCCNc1ccc(C)cc1C(=O)N1CCN(C)CC1. The normalized spacial score (nSPS) is 16.2. The summed E-state index contributed by atoms with van der Waals surface area (Å²) >= 11 is 0. The van der Waals surface area contributed by atoms with E-state index < -0.39 is 0 Å². The number of anilines is 1. The number of nitrogens with zero attached hydrogens (tertiary/aromatic N) is 2. The molecule has 0 spiro atoms. The number of carbonyl (C=O) groups excluding carboxylic acids is 1. The largest absolute Gasteiger partial charge is 0.384 e. The maximum absolute atomic E-state index is 12.7. The second kappa shape index (κ2) is 6.75. The van der Waals surface area contributed by atoms with Crippen molar-refractivity contribution in [2.75, 3.05) is 45.1 Å². The standard InChI is InChI=1S/C16H25N3O/c1-4-7-17-15-6-5-13(2)12-14(15)16(20)19-10-8-18(3)9-11-19/h5-6,12,17H,4,7-11H2,1-3H3. The molecule has 4 heteroatoms. The predicted octanol–water partition coefficient (Wildman–Crippen LogP) is 2.20. The number of piperazine rings is 1. The Bertz CT molecular complexity index is 465. The molecular weight excluding hydrogens is 250 g/mol. The van der Waals surface area contributed by atoms with Crippen LogP contribution in [0.25, 0.3) is 0 Å². The quantitative estimate of drug-likeness (QED) is 0.915. The summed E-state index contributed by atoms with van der Waals surface area (Å²) < 4.78 is 0. The number of rotatable bonds is 4. The molecule has 1 aromatic rings. The van der Waals surface area contributed by atoms with E-state index in [0.717, 1.165) is 56.0 Å². The molecule has 4 nitrogen and oxygen atoms in total. The van der Waals surface area contributed by atoms with Crippen LogP contribution in [0.1, 0.15) is 29.3 Å². The first-order valence-corrected chi connectivity index (χ1v) is 7.44. The highest BCUT2D eigenvalue weighted by molar-refractivity contribution is 5.99. The Kier molecular flexibility index (Phi) is 5.01. The molecule has 0 aliphatic carbocycles. The van der Waals surface area contributed by atoms with E-state index in [9.17, 15) is 4.79 Å². The monoisotopic (exact) mass is 275 g/mol. The van der Waals surface area contributed by atoms with E-state index in [-0.39, 0.29) is 5.91 Å². The molecule has 110 valence electrons. The Morgan fingerprint density at radius 2 is 1.95 bits per heavy atom. The Labute approximate surface area is 121 Å². The average Bonchev–Trinajstić information content (AvgIpc) is 2.46. The fourth-order valence-electron chi connectivity index (χ4n) is 2.43. The lowest BCUT2D eigenvalue weighted by molar-refractivity contribution is 0.0665. The van der Waals surface area contributed by atoms with Crippen molar-refractivity contribution in [2.45, 2.75) is 20.3 Å². The molecule has 0 aromatic heterocycles. The molecule has 1 amide bonds. The Morgan fingerprint density at radius 1 is 1.25 bits per heavy atom. The van der Waals surface area contributed by atoms with Crippen molar-refractivity contribution in [3.63, 3.8) is 0 Å². The number of hydrogen-bond acceptors (Lipinski definition) is 3. The van der Waals surface area contributed by atoms with Gasteiger partial charge in [-0.3, -0.25) is 4.79 Å². The highest BCUT2D eigenvalue weighted by Gasteiger charge is 2.22. The summed E-state index contributed by atoms with van der Waals surface area (Å²) in [7, 11) is 2.10. The molecule has 0 radical (unpaired) electrons. The zero-order valence-electron chi connectivity index (χ0n) is 12.8. The Hall–Kier alpha value is -1.55. The molecular formula is C16H25N3O. The first-order valence-electron chi connectivity index (χ1n) is 7.44. The zero-order chi connectivity index (χ0) is 14.5. The van der Waals surface area contributed by atoms with Crippen molar-refractivity contribution in [3.8, 4) is 0 Å². The van der Waals surface area contributed by atoms with Crippen LogP contribution in [-0.2, 0) is 0 Å². The van der Waals surface area contributed by atoms with Crippen molar-refractivity contribution in [3.05, 3.63) is 29.3 Å². The summed E-state index contributed by atoms with van der Waals surface area (Å²) in [5.41, 5.74) is 2.90. The van der Waals surface area contributed by atoms with Crippen LogP contribution in [-0.4, -0.2) is 55.5 Å².